The molecule has 0 spiro atoms. The van der Waals surface area contributed by atoms with E-state index in [4.69, 9.17) is 20.8 Å². The van der Waals surface area contributed by atoms with Crippen molar-refractivity contribution in [3.05, 3.63) is 201 Å². The van der Waals surface area contributed by atoms with Crippen LogP contribution < -0.4 is 0 Å². The lowest BCUT2D eigenvalue weighted by atomic mass is 9.78. The fraction of sp³-hybridized carbons (Fsp3) is 0.226. The van der Waals surface area contributed by atoms with E-state index in [2.05, 4.69) is 166 Å². The van der Waals surface area contributed by atoms with Crippen LogP contribution in [-0.2, 0) is 11.2 Å². The van der Waals surface area contributed by atoms with Gasteiger partial charge in [0.05, 0.1) is 22.8 Å². The van der Waals surface area contributed by atoms with Crippen LogP contribution in [0.1, 0.15) is 75.3 Å². The summed E-state index contributed by atoms with van der Waals surface area (Å²) in [6, 6.07) is 44.7. The van der Waals surface area contributed by atoms with Crippen molar-refractivity contribution in [3.8, 4) is 22.5 Å². The van der Waals surface area contributed by atoms with Crippen LogP contribution in [0.15, 0.2) is 183 Å². The number of fused-ring (bicyclic) bond motifs is 2. The molecule has 1 aromatic heterocycles. The third kappa shape index (κ3) is 7.31. The number of halogens is 1. The maximum Gasteiger partial charge on any atom is 0.361 e. The highest BCUT2D eigenvalue weighted by Crippen LogP contribution is 2.48. The van der Waals surface area contributed by atoms with Crippen LogP contribution in [0.25, 0.3) is 39.4 Å². The molecule has 0 fully saturated rings. The van der Waals surface area contributed by atoms with E-state index in [1.54, 1.807) is 0 Å². The van der Waals surface area contributed by atoms with Crippen LogP contribution in [-0.4, -0.2) is 0 Å². The largest absolute Gasteiger partial charge is 0.456 e. The Hall–Kier alpha value is -5.44. The molecule has 3 atom stereocenters. The third-order valence-electron chi connectivity index (χ3n) is 11.7. The first-order chi connectivity index (χ1) is 27.4. The summed E-state index contributed by atoms with van der Waals surface area (Å²) in [4.78, 5) is 0. The maximum absolute atomic E-state index is 7.58. The minimum atomic E-state index is 0.442. The Bertz CT molecular complexity index is 2460. The SMILES string of the molecule is CC1CC(/C=C2\CC(C)CC(/C=C3\CC(C)Cc4c(-c5ccccc5)cc(-c5ccccc5)[o+]c43)=C2Cl)=C2OC(c3ccccc3)=CC(c3ccccc3)=C2C1. The molecule has 0 saturated heterocycles. The first-order valence-electron chi connectivity index (χ1n) is 20.3. The van der Waals surface area contributed by atoms with Gasteiger partial charge in [-0.05, 0) is 114 Å². The Kier molecular flexibility index (Phi) is 10.1. The van der Waals surface area contributed by atoms with Crippen molar-refractivity contribution in [3.63, 3.8) is 0 Å². The minimum Gasteiger partial charge on any atom is -0.456 e. The van der Waals surface area contributed by atoms with Gasteiger partial charge in [0.25, 0.3) is 0 Å². The average Bonchev–Trinajstić information content (AvgIpc) is 3.23. The van der Waals surface area contributed by atoms with E-state index in [0.717, 1.165) is 77.7 Å². The normalized spacial score (nSPS) is 22.5. The smallest absolute Gasteiger partial charge is 0.361 e. The molecule has 2 heterocycles. The second kappa shape index (κ2) is 15.6. The fourth-order valence-electron chi connectivity index (χ4n) is 9.15. The molecule has 278 valence electrons. The zero-order valence-electron chi connectivity index (χ0n) is 32.5. The molecule has 4 aromatic carbocycles. The van der Waals surface area contributed by atoms with E-state index in [0.29, 0.717) is 17.8 Å². The highest BCUT2D eigenvalue weighted by Gasteiger charge is 2.36. The predicted octanol–water partition coefficient (Wildman–Crippen LogP) is 14.9. The molecule has 3 unspecified atom stereocenters. The Morgan fingerprint density at radius 3 is 1.79 bits per heavy atom. The number of rotatable bonds is 6. The first kappa shape index (κ1) is 36.2. The molecule has 2 nitrogen and oxygen atoms in total. The van der Waals surface area contributed by atoms with Crippen molar-refractivity contribution in [2.45, 2.75) is 59.3 Å². The van der Waals surface area contributed by atoms with Crippen LogP contribution in [0.4, 0.5) is 0 Å². The van der Waals surface area contributed by atoms with Crippen molar-refractivity contribution in [1.29, 1.82) is 0 Å². The molecule has 1 aliphatic heterocycles. The molecule has 9 rings (SSSR count). The summed E-state index contributed by atoms with van der Waals surface area (Å²) in [6.07, 6.45) is 12.7. The summed E-state index contributed by atoms with van der Waals surface area (Å²) >= 11 is 7.58. The van der Waals surface area contributed by atoms with Crippen molar-refractivity contribution in [1.82, 2.24) is 0 Å². The van der Waals surface area contributed by atoms with E-state index in [1.165, 1.54) is 55.7 Å². The van der Waals surface area contributed by atoms with Gasteiger partial charge in [0.2, 0.25) is 0 Å². The zero-order chi connectivity index (χ0) is 38.2. The van der Waals surface area contributed by atoms with Gasteiger partial charge in [-0.15, -0.1) is 0 Å². The Balaban J connectivity index is 1.17. The van der Waals surface area contributed by atoms with Gasteiger partial charge >= 0.3 is 11.5 Å². The quantitative estimate of drug-likeness (QED) is 0.161. The van der Waals surface area contributed by atoms with Gasteiger partial charge < -0.3 is 4.74 Å². The zero-order valence-corrected chi connectivity index (χ0v) is 33.3. The molecule has 0 bridgehead atoms. The summed E-state index contributed by atoms with van der Waals surface area (Å²) < 4.78 is 13.9. The van der Waals surface area contributed by atoms with Gasteiger partial charge in [-0.25, -0.2) is 4.42 Å². The van der Waals surface area contributed by atoms with E-state index in [9.17, 15) is 0 Å². The van der Waals surface area contributed by atoms with Crippen LogP contribution in [0.3, 0.4) is 0 Å². The number of allylic oxidation sites excluding steroid dienone is 10. The van der Waals surface area contributed by atoms with Gasteiger partial charge in [-0.3, -0.25) is 0 Å². The lowest BCUT2D eigenvalue weighted by molar-refractivity contribution is 0.357. The molecule has 3 heteroatoms. The molecule has 0 saturated carbocycles. The van der Waals surface area contributed by atoms with E-state index in [-0.39, 0.29) is 0 Å². The van der Waals surface area contributed by atoms with Crippen molar-refractivity contribution in [2.24, 2.45) is 17.8 Å². The van der Waals surface area contributed by atoms with Crippen molar-refractivity contribution >= 4 is 28.5 Å². The topological polar surface area (TPSA) is 20.5 Å². The van der Waals surface area contributed by atoms with Gasteiger partial charge in [0.15, 0.2) is 0 Å². The molecule has 5 aromatic rings. The van der Waals surface area contributed by atoms with E-state index < -0.39 is 0 Å². The molecule has 0 N–H and O–H groups in total. The summed E-state index contributed by atoms with van der Waals surface area (Å²) in [6.45, 7) is 7.07. The van der Waals surface area contributed by atoms with Crippen molar-refractivity contribution < 1.29 is 9.15 Å². The summed E-state index contributed by atoms with van der Waals surface area (Å²) in [5.74, 6) is 5.15. The van der Waals surface area contributed by atoms with Crippen LogP contribution in [0, 0.1) is 17.8 Å². The summed E-state index contributed by atoms with van der Waals surface area (Å²) in [7, 11) is 0. The lowest BCUT2D eigenvalue weighted by Crippen LogP contribution is -2.17. The Morgan fingerprint density at radius 2 is 1.11 bits per heavy atom. The second-order valence-electron chi connectivity index (χ2n) is 16.4. The van der Waals surface area contributed by atoms with Crippen molar-refractivity contribution in [2.75, 3.05) is 0 Å². The third-order valence-corrected chi connectivity index (χ3v) is 12.2. The Labute approximate surface area is 336 Å². The average molecular weight is 752 g/mol. The van der Waals surface area contributed by atoms with Gasteiger partial charge in [-0.1, -0.05) is 148 Å². The van der Waals surface area contributed by atoms with E-state index in [1.807, 2.05) is 0 Å². The van der Waals surface area contributed by atoms with Gasteiger partial charge in [0.1, 0.15) is 11.5 Å². The first-order valence-corrected chi connectivity index (χ1v) is 20.6. The van der Waals surface area contributed by atoms with Gasteiger partial charge in [-0.2, -0.15) is 0 Å². The standard InChI is InChI=1S/C53H48ClO2/c1-34-24-41(30-43-26-35(2)28-47-45(37-16-8-4-9-17-37)32-49(55-52(43)47)39-20-12-6-13-21-39)51(54)42(25-34)31-44-27-36(3)29-48-46(38-18-10-5-11-19-38)33-50(56-53(44)48)40-22-14-7-15-23-40/h4-23,30-36H,24-29H2,1-3H3/q+1. The molecule has 4 aliphatic rings. The molecular formula is C53H48ClO2+. The molecule has 0 amide bonds. The molecule has 56 heavy (non-hydrogen) atoms. The predicted molar refractivity (Wildman–Crippen MR) is 233 cm³/mol. The highest BCUT2D eigenvalue weighted by atomic mass is 35.5. The number of hydrogen-bond donors (Lipinski definition) is 0. The van der Waals surface area contributed by atoms with Gasteiger partial charge in [0, 0.05) is 21.7 Å². The number of ether oxygens (including phenoxy) is 1. The minimum absolute atomic E-state index is 0.442. The molecule has 3 aliphatic carbocycles. The second-order valence-corrected chi connectivity index (χ2v) is 16.7. The number of hydrogen-bond acceptors (Lipinski definition) is 1. The maximum atomic E-state index is 7.58. The van der Waals surface area contributed by atoms with Crippen LogP contribution in [0.5, 0.6) is 0 Å². The molecule has 0 radical (unpaired) electrons. The van der Waals surface area contributed by atoms with Crippen LogP contribution in [0.2, 0.25) is 0 Å². The fourth-order valence-corrected chi connectivity index (χ4v) is 9.41. The monoisotopic (exact) mass is 751 g/mol. The number of benzene rings is 4. The Morgan fingerprint density at radius 1 is 0.571 bits per heavy atom. The summed E-state index contributed by atoms with van der Waals surface area (Å²) in [5, 5.41) is 0.868. The lowest BCUT2D eigenvalue weighted by Gasteiger charge is -2.32. The van der Waals surface area contributed by atoms with E-state index >= 15 is 0 Å². The molecular weight excluding hydrogens is 704 g/mol. The van der Waals surface area contributed by atoms with Crippen LogP contribution >= 0.6 is 11.6 Å². The summed E-state index contributed by atoms with van der Waals surface area (Å²) in [5.41, 5.74) is 14.5. The highest BCUT2D eigenvalue weighted by molar-refractivity contribution is 6.32.